The average molecular weight is 294 g/mol. The molecule has 0 amide bonds. The van der Waals surface area contributed by atoms with Gasteiger partial charge in [0, 0.05) is 12.3 Å². The summed E-state index contributed by atoms with van der Waals surface area (Å²) in [5.74, 6) is 3.82. The lowest BCUT2D eigenvalue weighted by molar-refractivity contribution is -0.130. The van der Waals surface area contributed by atoms with Gasteiger partial charge in [0.05, 0.1) is 0 Å². The van der Waals surface area contributed by atoms with E-state index in [1.807, 2.05) is 0 Å². The van der Waals surface area contributed by atoms with Crippen molar-refractivity contribution in [2.24, 2.45) is 0 Å². The Labute approximate surface area is 131 Å². The number of hydrogen-bond acceptors (Lipinski definition) is 1. The molecule has 0 aromatic carbocycles. The normalized spacial score (nSPS) is 10.1. The summed E-state index contributed by atoms with van der Waals surface area (Å²) in [6, 6.07) is 0. The molecule has 0 unspecified atom stereocenters. The maximum absolute atomic E-state index is 10.2. The number of unbranched alkanes of at least 4 members (excludes halogenated alkanes) is 14. The Bertz CT molecular complexity index is 286. The van der Waals surface area contributed by atoms with Gasteiger partial charge < -0.3 is 5.11 Å². The lowest BCUT2D eigenvalue weighted by atomic mass is 10.0. The van der Waals surface area contributed by atoms with Crippen LogP contribution in [0.3, 0.4) is 0 Å². The molecular weight excluding hydrogens is 260 g/mol. The lowest BCUT2D eigenvalue weighted by Gasteiger charge is -2.02. The molecule has 0 aliphatic carbocycles. The van der Waals surface area contributed by atoms with Crippen molar-refractivity contribution < 1.29 is 9.90 Å². The van der Waals surface area contributed by atoms with E-state index in [-0.39, 0.29) is 0 Å². The summed E-state index contributed by atoms with van der Waals surface area (Å²) in [6.45, 7) is 2.27. The third-order valence-electron chi connectivity index (χ3n) is 3.85. The lowest BCUT2D eigenvalue weighted by Crippen LogP contribution is -1.86. The summed E-state index contributed by atoms with van der Waals surface area (Å²) in [6.07, 6.45) is 19.5. The molecule has 0 aliphatic rings. The number of hydrogen-bond donors (Lipinski definition) is 1. The first-order chi connectivity index (χ1) is 10.3. The van der Waals surface area contributed by atoms with Gasteiger partial charge in [0.2, 0.25) is 0 Å². The van der Waals surface area contributed by atoms with Gasteiger partial charge in [-0.2, -0.15) is 0 Å². The predicted molar refractivity (Wildman–Crippen MR) is 90.3 cm³/mol. The SMILES string of the molecule is CCCCCCCCCCCCCCCCC#CC(=O)O. The summed E-state index contributed by atoms with van der Waals surface area (Å²) in [4.78, 5) is 10.2. The van der Waals surface area contributed by atoms with Crippen LogP contribution in [-0.4, -0.2) is 11.1 Å². The molecule has 0 saturated carbocycles. The summed E-state index contributed by atoms with van der Waals surface area (Å²) < 4.78 is 0. The van der Waals surface area contributed by atoms with Gasteiger partial charge in [0.25, 0.3) is 0 Å². The van der Waals surface area contributed by atoms with Crippen LogP contribution in [0.2, 0.25) is 0 Å². The Morgan fingerprint density at radius 3 is 1.48 bits per heavy atom. The second-order valence-corrected chi connectivity index (χ2v) is 5.95. The van der Waals surface area contributed by atoms with Crippen LogP contribution in [0, 0.1) is 11.8 Å². The van der Waals surface area contributed by atoms with E-state index in [4.69, 9.17) is 5.11 Å². The standard InChI is InChI=1S/C19H34O2/c1-2-3-4-5-6-7-8-9-10-11-12-13-14-15-16-17-18-19(20)21/h2-16H2,1H3,(H,20,21). The van der Waals surface area contributed by atoms with Crippen LogP contribution in [0.4, 0.5) is 0 Å². The molecule has 1 N–H and O–H groups in total. The fourth-order valence-corrected chi connectivity index (χ4v) is 2.55. The van der Waals surface area contributed by atoms with Gasteiger partial charge in [0.1, 0.15) is 0 Å². The molecule has 0 atom stereocenters. The van der Waals surface area contributed by atoms with Gasteiger partial charge in [-0.05, 0) is 6.42 Å². The number of carboxylic acids is 1. The largest absolute Gasteiger partial charge is 0.472 e. The van der Waals surface area contributed by atoms with Gasteiger partial charge >= 0.3 is 5.97 Å². The highest BCUT2D eigenvalue weighted by atomic mass is 16.4. The third-order valence-corrected chi connectivity index (χ3v) is 3.85. The minimum absolute atomic E-state index is 0.727. The van der Waals surface area contributed by atoms with Crippen LogP contribution < -0.4 is 0 Å². The minimum atomic E-state index is -1.01. The second-order valence-electron chi connectivity index (χ2n) is 5.95. The van der Waals surface area contributed by atoms with Gasteiger partial charge in [0.15, 0.2) is 0 Å². The molecule has 21 heavy (non-hydrogen) atoms. The summed E-state index contributed by atoms with van der Waals surface area (Å²) in [5.41, 5.74) is 0. The predicted octanol–water partition coefficient (Wildman–Crippen LogP) is 5.95. The molecular formula is C19H34O2. The molecule has 0 radical (unpaired) electrons. The van der Waals surface area contributed by atoms with Gasteiger partial charge in [-0.15, -0.1) is 0 Å². The van der Waals surface area contributed by atoms with E-state index in [9.17, 15) is 4.79 Å². The maximum atomic E-state index is 10.2. The highest BCUT2D eigenvalue weighted by Gasteiger charge is 1.93. The molecule has 0 heterocycles. The van der Waals surface area contributed by atoms with E-state index in [2.05, 4.69) is 18.8 Å². The molecule has 0 spiro atoms. The highest BCUT2D eigenvalue weighted by molar-refractivity contribution is 5.86. The zero-order valence-corrected chi connectivity index (χ0v) is 14.0. The molecule has 2 heteroatoms. The van der Waals surface area contributed by atoms with E-state index < -0.39 is 5.97 Å². The van der Waals surface area contributed by atoms with E-state index in [1.165, 1.54) is 83.5 Å². The van der Waals surface area contributed by atoms with Crippen molar-refractivity contribution in [1.82, 2.24) is 0 Å². The summed E-state index contributed by atoms with van der Waals surface area (Å²) in [7, 11) is 0. The summed E-state index contributed by atoms with van der Waals surface area (Å²) in [5, 5.41) is 8.36. The molecule has 0 fully saturated rings. The van der Waals surface area contributed by atoms with Crippen molar-refractivity contribution in [3.63, 3.8) is 0 Å². The van der Waals surface area contributed by atoms with Crippen molar-refractivity contribution in [3.8, 4) is 11.8 Å². The second kappa shape index (κ2) is 17.1. The Balaban J connectivity index is 3.03. The Morgan fingerprint density at radius 1 is 0.714 bits per heavy atom. The van der Waals surface area contributed by atoms with Crippen molar-refractivity contribution >= 4 is 5.97 Å². The maximum Gasteiger partial charge on any atom is 0.381 e. The first-order valence-corrected chi connectivity index (χ1v) is 8.99. The van der Waals surface area contributed by atoms with E-state index in [1.54, 1.807) is 0 Å². The fourth-order valence-electron chi connectivity index (χ4n) is 2.55. The number of carbonyl (C=O) groups is 1. The Kier molecular flexibility index (Phi) is 16.3. The minimum Gasteiger partial charge on any atom is -0.472 e. The number of carboxylic acid groups (broad SMARTS) is 1. The topological polar surface area (TPSA) is 37.3 Å². The Hall–Kier alpha value is -0.970. The van der Waals surface area contributed by atoms with E-state index in [0.717, 1.165) is 12.8 Å². The molecule has 122 valence electrons. The van der Waals surface area contributed by atoms with Crippen molar-refractivity contribution in [1.29, 1.82) is 0 Å². The zero-order valence-electron chi connectivity index (χ0n) is 14.0. The molecule has 0 aromatic rings. The van der Waals surface area contributed by atoms with Crippen LogP contribution >= 0.6 is 0 Å². The van der Waals surface area contributed by atoms with Crippen molar-refractivity contribution in [3.05, 3.63) is 0 Å². The van der Waals surface area contributed by atoms with Crippen LogP contribution in [0.15, 0.2) is 0 Å². The fraction of sp³-hybridized carbons (Fsp3) is 0.842. The van der Waals surface area contributed by atoms with Crippen molar-refractivity contribution in [2.45, 2.75) is 103 Å². The molecule has 0 aromatic heterocycles. The Morgan fingerprint density at radius 2 is 1.10 bits per heavy atom. The molecule has 0 bridgehead atoms. The van der Waals surface area contributed by atoms with Gasteiger partial charge in [-0.3, -0.25) is 0 Å². The molecule has 0 aliphatic heterocycles. The average Bonchev–Trinajstić information content (AvgIpc) is 2.46. The highest BCUT2D eigenvalue weighted by Crippen LogP contribution is 2.13. The smallest absolute Gasteiger partial charge is 0.381 e. The van der Waals surface area contributed by atoms with Crippen LogP contribution in [0.25, 0.3) is 0 Å². The molecule has 2 nitrogen and oxygen atoms in total. The molecule has 0 saturated heterocycles. The van der Waals surface area contributed by atoms with E-state index >= 15 is 0 Å². The number of rotatable bonds is 14. The van der Waals surface area contributed by atoms with Gasteiger partial charge in [-0.25, -0.2) is 4.79 Å². The first kappa shape index (κ1) is 20.0. The van der Waals surface area contributed by atoms with Crippen LogP contribution in [0.1, 0.15) is 103 Å². The zero-order chi connectivity index (χ0) is 15.6. The van der Waals surface area contributed by atoms with E-state index in [0.29, 0.717) is 0 Å². The molecule has 0 rings (SSSR count). The number of aliphatic carboxylic acids is 1. The quantitative estimate of drug-likeness (QED) is 0.318. The third kappa shape index (κ3) is 19.0. The van der Waals surface area contributed by atoms with Crippen LogP contribution in [-0.2, 0) is 4.79 Å². The first-order valence-electron chi connectivity index (χ1n) is 8.99. The monoisotopic (exact) mass is 294 g/mol. The summed E-state index contributed by atoms with van der Waals surface area (Å²) >= 11 is 0. The van der Waals surface area contributed by atoms with Gasteiger partial charge in [-0.1, -0.05) is 96.3 Å². The van der Waals surface area contributed by atoms with Crippen molar-refractivity contribution in [2.75, 3.05) is 0 Å². The van der Waals surface area contributed by atoms with Crippen LogP contribution in [0.5, 0.6) is 0 Å².